The van der Waals surface area contributed by atoms with Gasteiger partial charge in [-0.25, -0.2) is 0 Å². The van der Waals surface area contributed by atoms with Gasteiger partial charge in [-0.15, -0.1) is 17.5 Å². The molecule has 0 bridgehead atoms. The lowest BCUT2D eigenvalue weighted by Gasteiger charge is -2.13. The molecule has 0 atom stereocenters. The van der Waals surface area contributed by atoms with E-state index in [1.807, 2.05) is 30.3 Å². The quantitative estimate of drug-likeness (QED) is 0.314. The fourth-order valence-electron chi connectivity index (χ4n) is 2.61. The third-order valence-corrected chi connectivity index (χ3v) is 5.13. The number of nitrogens with one attached hydrogen (secondary N) is 1. The van der Waals surface area contributed by atoms with Crippen LogP contribution in [0.5, 0.6) is 11.5 Å². The standard InChI is InChI=1S/C19H21ClN6O3S.ClH/c1-28-16-10-13(9-15(20)18(16)29-12-17(21)27)11-22-7-8-30-19-23-24-25-26(19)14-5-3-2-4-6-14;/h2-6,9-10,22H,7-8,11-12H2,1H3,(H2,21,27);1H. The number of tetrazole rings is 1. The number of primary amides is 1. The van der Waals surface area contributed by atoms with Gasteiger partial charge < -0.3 is 20.5 Å². The zero-order chi connectivity index (χ0) is 21.3. The van der Waals surface area contributed by atoms with E-state index < -0.39 is 5.91 Å². The van der Waals surface area contributed by atoms with Gasteiger partial charge in [0.25, 0.3) is 5.91 Å². The summed E-state index contributed by atoms with van der Waals surface area (Å²) in [6, 6.07) is 13.3. The van der Waals surface area contributed by atoms with E-state index >= 15 is 0 Å². The molecule has 1 heterocycles. The van der Waals surface area contributed by atoms with Crippen LogP contribution in [0, 0.1) is 0 Å². The molecule has 9 nitrogen and oxygen atoms in total. The first-order valence-corrected chi connectivity index (χ1v) is 10.4. The summed E-state index contributed by atoms with van der Waals surface area (Å²) < 4.78 is 12.4. The summed E-state index contributed by atoms with van der Waals surface area (Å²) in [6.45, 7) is 1.04. The number of thioether (sulfide) groups is 1. The number of halogens is 2. The van der Waals surface area contributed by atoms with Crippen LogP contribution in [0.1, 0.15) is 5.56 Å². The Balaban J connectivity index is 0.00000341. The topological polar surface area (TPSA) is 117 Å². The maximum Gasteiger partial charge on any atom is 0.255 e. The lowest BCUT2D eigenvalue weighted by Crippen LogP contribution is -2.20. The fraction of sp³-hybridized carbons (Fsp3) is 0.263. The number of carbonyl (C=O) groups is 1. The predicted octanol–water partition coefficient (Wildman–Crippen LogP) is 2.49. The van der Waals surface area contributed by atoms with Crippen LogP contribution in [0.4, 0.5) is 0 Å². The van der Waals surface area contributed by atoms with Crippen molar-refractivity contribution in [3.05, 3.63) is 53.1 Å². The first-order valence-electron chi connectivity index (χ1n) is 9.03. The van der Waals surface area contributed by atoms with Crippen LogP contribution < -0.4 is 20.5 Å². The second-order valence-corrected chi connectivity index (χ2v) is 7.57. The second-order valence-electron chi connectivity index (χ2n) is 6.10. The molecule has 12 heteroatoms. The van der Waals surface area contributed by atoms with E-state index in [0.717, 1.165) is 28.7 Å². The van der Waals surface area contributed by atoms with E-state index in [9.17, 15) is 4.79 Å². The number of hydrogen-bond acceptors (Lipinski definition) is 8. The molecule has 166 valence electrons. The van der Waals surface area contributed by atoms with Crippen LogP contribution in [0.3, 0.4) is 0 Å². The van der Waals surface area contributed by atoms with Crippen molar-refractivity contribution in [1.29, 1.82) is 0 Å². The number of aromatic nitrogens is 4. The lowest BCUT2D eigenvalue weighted by molar-refractivity contribution is -0.119. The molecule has 1 aromatic heterocycles. The van der Waals surface area contributed by atoms with Crippen molar-refractivity contribution in [3.63, 3.8) is 0 Å². The molecule has 0 aliphatic heterocycles. The zero-order valence-electron chi connectivity index (χ0n) is 16.7. The van der Waals surface area contributed by atoms with Crippen molar-refractivity contribution in [2.24, 2.45) is 5.73 Å². The number of ether oxygens (including phenoxy) is 2. The Morgan fingerprint density at radius 1 is 1.29 bits per heavy atom. The first-order chi connectivity index (χ1) is 14.6. The summed E-state index contributed by atoms with van der Waals surface area (Å²) in [5, 5.41) is 16.3. The van der Waals surface area contributed by atoms with Crippen molar-refractivity contribution in [2.75, 3.05) is 26.0 Å². The highest BCUT2D eigenvalue weighted by Gasteiger charge is 2.13. The number of rotatable bonds is 11. The molecule has 0 saturated heterocycles. The Labute approximate surface area is 195 Å². The third kappa shape index (κ3) is 7.00. The SMILES string of the molecule is COc1cc(CNCCSc2nnnn2-c2ccccc2)cc(Cl)c1OCC(N)=O.Cl. The smallest absolute Gasteiger partial charge is 0.255 e. The second kappa shape index (κ2) is 12.4. The van der Waals surface area contributed by atoms with E-state index in [1.54, 1.807) is 28.6 Å². The molecule has 3 N–H and O–H groups in total. The maximum absolute atomic E-state index is 10.9. The normalized spacial score (nSPS) is 10.4. The maximum atomic E-state index is 10.9. The van der Waals surface area contributed by atoms with Gasteiger partial charge in [0.2, 0.25) is 5.16 Å². The minimum atomic E-state index is -0.588. The number of methoxy groups -OCH3 is 1. The van der Waals surface area contributed by atoms with Crippen LogP contribution >= 0.6 is 35.8 Å². The van der Waals surface area contributed by atoms with Crippen LogP contribution in [-0.2, 0) is 11.3 Å². The third-order valence-electron chi connectivity index (χ3n) is 3.93. The van der Waals surface area contributed by atoms with Crippen LogP contribution in [-0.4, -0.2) is 52.1 Å². The largest absolute Gasteiger partial charge is 0.493 e. The first kappa shape index (κ1) is 24.7. The molecular formula is C19H22Cl2N6O3S. The van der Waals surface area contributed by atoms with Gasteiger partial charge in [-0.1, -0.05) is 41.6 Å². The Morgan fingerprint density at radius 3 is 2.77 bits per heavy atom. The van der Waals surface area contributed by atoms with Crippen molar-refractivity contribution >= 4 is 41.7 Å². The molecule has 0 radical (unpaired) electrons. The highest BCUT2D eigenvalue weighted by molar-refractivity contribution is 7.99. The summed E-state index contributed by atoms with van der Waals surface area (Å²) in [5.74, 6) is 0.925. The van der Waals surface area contributed by atoms with E-state index in [0.29, 0.717) is 23.1 Å². The van der Waals surface area contributed by atoms with Gasteiger partial charge in [-0.3, -0.25) is 4.79 Å². The highest BCUT2D eigenvalue weighted by atomic mass is 35.5. The van der Waals surface area contributed by atoms with Gasteiger partial charge in [-0.05, 0) is 40.3 Å². The van der Waals surface area contributed by atoms with Crippen LogP contribution in [0.2, 0.25) is 5.02 Å². The monoisotopic (exact) mass is 484 g/mol. The lowest BCUT2D eigenvalue weighted by atomic mass is 10.2. The van der Waals surface area contributed by atoms with Crippen molar-refractivity contribution in [3.8, 4) is 17.2 Å². The molecule has 1 amide bonds. The molecule has 31 heavy (non-hydrogen) atoms. The van der Waals surface area contributed by atoms with E-state index in [-0.39, 0.29) is 19.0 Å². The summed E-state index contributed by atoms with van der Waals surface area (Å²) in [4.78, 5) is 10.9. The van der Waals surface area contributed by atoms with E-state index in [1.165, 1.54) is 7.11 Å². The Bertz CT molecular complexity index is 990. The number of carbonyl (C=O) groups excluding carboxylic acids is 1. The van der Waals surface area contributed by atoms with Gasteiger partial charge in [0.15, 0.2) is 18.1 Å². The number of benzene rings is 2. The van der Waals surface area contributed by atoms with Gasteiger partial charge >= 0.3 is 0 Å². The van der Waals surface area contributed by atoms with Gasteiger partial charge in [0.05, 0.1) is 17.8 Å². The average Bonchev–Trinajstić information content (AvgIpc) is 3.21. The molecule has 0 aliphatic rings. The average molecular weight is 485 g/mol. The fourth-order valence-corrected chi connectivity index (χ4v) is 3.68. The summed E-state index contributed by atoms with van der Waals surface area (Å²) in [6.07, 6.45) is 0. The van der Waals surface area contributed by atoms with Crippen molar-refractivity contribution in [1.82, 2.24) is 25.5 Å². The Morgan fingerprint density at radius 2 is 2.06 bits per heavy atom. The highest BCUT2D eigenvalue weighted by Crippen LogP contribution is 2.36. The number of hydrogen-bond donors (Lipinski definition) is 2. The van der Waals surface area contributed by atoms with E-state index in [2.05, 4.69) is 20.8 Å². The summed E-state index contributed by atoms with van der Waals surface area (Å²) in [5.41, 5.74) is 6.94. The number of nitrogens with zero attached hydrogens (tertiary/aromatic N) is 4. The molecule has 0 unspecified atom stereocenters. The molecule has 0 fully saturated rings. The van der Waals surface area contributed by atoms with Gasteiger partial charge in [0, 0.05) is 18.8 Å². The number of para-hydroxylation sites is 1. The van der Waals surface area contributed by atoms with Gasteiger partial charge in [0.1, 0.15) is 0 Å². The number of amides is 1. The Kier molecular flexibility index (Phi) is 9.86. The molecule has 3 rings (SSSR count). The van der Waals surface area contributed by atoms with Crippen LogP contribution in [0.25, 0.3) is 5.69 Å². The molecule has 2 aromatic carbocycles. The minimum absolute atomic E-state index is 0. The minimum Gasteiger partial charge on any atom is -0.493 e. The van der Waals surface area contributed by atoms with Crippen LogP contribution in [0.15, 0.2) is 47.6 Å². The molecular weight excluding hydrogens is 463 g/mol. The Hall–Kier alpha value is -2.53. The molecule has 0 aliphatic carbocycles. The zero-order valence-corrected chi connectivity index (χ0v) is 19.0. The summed E-state index contributed by atoms with van der Waals surface area (Å²) >= 11 is 7.82. The summed E-state index contributed by atoms with van der Waals surface area (Å²) in [7, 11) is 1.51. The van der Waals surface area contributed by atoms with Crippen molar-refractivity contribution < 1.29 is 14.3 Å². The van der Waals surface area contributed by atoms with Gasteiger partial charge in [-0.2, -0.15) is 4.68 Å². The van der Waals surface area contributed by atoms with E-state index in [4.69, 9.17) is 26.8 Å². The van der Waals surface area contributed by atoms with Crippen molar-refractivity contribution in [2.45, 2.75) is 11.7 Å². The number of nitrogens with two attached hydrogens (primary N) is 1. The predicted molar refractivity (Wildman–Crippen MR) is 122 cm³/mol. The molecule has 3 aromatic rings. The molecule has 0 saturated carbocycles. The molecule has 0 spiro atoms.